The molecule has 7 rings (SSSR count). The molecule has 0 bridgehead atoms. The SMILES string of the molecule is CC(C)(C)c1ccc(CNC(=O)[C@@H]2CCCN2C(=O)[C@H](Cc2ccc3ccc4cccc5ccc2c3c45)NC(=O)c2ccccc2)cc1. The zero-order chi connectivity index (χ0) is 33.4. The highest BCUT2D eigenvalue weighted by Gasteiger charge is 2.38. The van der Waals surface area contributed by atoms with Gasteiger partial charge in [-0.15, -0.1) is 0 Å². The van der Waals surface area contributed by atoms with Gasteiger partial charge in [0.15, 0.2) is 0 Å². The third-order valence-corrected chi connectivity index (χ3v) is 9.81. The average Bonchev–Trinajstić information content (AvgIpc) is 3.60. The molecule has 0 aromatic heterocycles. The number of amides is 3. The lowest BCUT2D eigenvalue weighted by atomic mass is 9.87. The van der Waals surface area contributed by atoms with Gasteiger partial charge in [-0.3, -0.25) is 14.4 Å². The minimum absolute atomic E-state index is 0.0521. The standard InChI is InChI=1S/C42H41N3O3/c1-42(2,3)33-21-14-27(15-22-33)26-43-40(47)36-13-8-24-45(36)41(48)35(44-39(46)31-9-5-4-6-10-31)25-32-19-18-30-17-16-28-11-7-12-29-20-23-34(32)38(30)37(28)29/h4-7,9-12,14-23,35-36H,8,13,24-26H2,1-3H3,(H,43,47)(H,44,46)/t35-,36-/m0/s1. The summed E-state index contributed by atoms with van der Waals surface area (Å²) in [5.74, 6) is -0.723. The molecular weight excluding hydrogens is 594 g/mol. The van der Waals surface area contributed by atoms with E-state index in [1.54, 1.807) is 17.0 Å². The van der Waals surface area contributed by atoms with E-state index in [9.17, 15) is 14.4 Å². The molecule has 1 aliphatic heterocycles. The van der Waals surface area contributed by atoms with Crippen LogP contribution in [0.4, 0.5) is 0 Å². The molecule has 1 fully saturated rings. The second kappa shape index (κ2) is 12.8. The molecule has 3 amide bonds. The van der Waals surface area contributed by atoms with Gasteiger partial charge in [0.25, 0.3) is 5.91 Å². The van der Waals surface area contributed by atoms with Crippen LogP contribution in [0.5, 0.6) is 0 Å². The molecule has 242 valence electrons. The van der Waals surface area contributed by atoms with E-state index in [2.05, 4.69) is 98.1 Å². The van der Waals surface area contributed by atoms with Crippen LogP contribution in [-0.4, -0.2) is 41.2 Å². The van der Waals surface area contributed by atoms with E-state index in [0.717, 1.165) is 33.7 Å². The van der Waals surface area contributed by atoms with Crippen LogP contribution < -0.4 is 10.6 Å². The number of hydrogen-bond donors (Lipinski definition) is 2. The van der Waals surface area contributed by atoms with Crippen molar-refractivity contribution in [2.45, 2.75) is 64.1 Å². The van der Waals surface area contributed by atoms with Crippen LogP contribution in [0.25, 0.3) is 32.3 Å². The van der Waals surface area contributed by atoms with Gasteiger partial charge in [0.1, 0.15) is 12.1 Å². The van der Waals surface area contributed by atoms with Crippen LogP contribution in [0.2, 0.25) is 0 Å². The maximum Gasteiger partial charge on any atom is 0.251 e. The van der Waals surface area contributed by atoms with Crippen molar-refractivity contribution in [3.05, 3.63) is 131 Å². The van der Waals surface area contributed by atoms with Crippen molar-refractivity contribution >= 4 is 50.0 Å². The fraction of sp³-hybridized carbons (Fsp3) is 0.262. The van der Waals surface area contributed by atoms with E-state index >= 15 is 0 Å². The Bertz CT molecular complexity index is 2100. The number of hydrogen-bond acceptors (Lipinski definition) is 3. The summed E-state index contributed by atoms with van der Waals surface area (Å²) >= 11 is 0. The van der Waals surface area contributed by atoms with Crippen LogP contribution >= 0.6 is 0 Å². The molecule has 0 radical (unpaired) electrons. The molecule has 1 aliphatic rings. The summed E-state index contributed by atoms with van der Waals surface area (Å²) < 4.78 is 0. The Hall–Kier alpha value is -5.23. The Morgan fingerprint density at radius 2 is 1.44 bits per heavy atom. The summed E-state index contributed by atoms with van der Waals surface area (Å²) in [6, 6.07) is 34.8. The lowest BCUT2D eigenvalue weighted by Gasteiger charge is -2.29. The summed E-state index contributed by atoms with van der Waals surface area (Å²) in [5.41, 5.74) is 3.76. The highest BCUT2D eigenvalue weighted by Crippen LogP contribution is 2.36. The number of likely N-dealkylation sites (tertiary alicyclic amines) is 1. The second-order valence-electron chi connectivity index (χ2n) is 14.0. The van der Waals surface area contributed by atoms with Crippen LogP contribution in [0.1, 0.15) is 60.7 Å². The van der Waals surface area contributed by atoms with E-state index in [1.165, 1.54) is 21.7 Å². The lowest BCUT2D eigenvalue weighted by molar-refractivity contribution is -0.139. The van der Waals surface area contributed by atoms with Gasteiger partial charge >= 0.3 is 0 Å². The fourth-order valence-electron chi connectivity index (χ4n) is 7.16. The molecule has 0 unspecified atom stereocenters. The average molecular weight is 636 g/mol. The largest absolute Gasteiger partial charge is 0.350 e. The second-order valence-corrected chi connectivity index (χ2v) is 14.0. The highest BCUT2D eigenvalue weighted by atomic mass is 16.2. The summed E-state index contributed by atoms with van der Waals surface area (Å²) in [6.07, 6.45) is 1.61. The van der Waals surface area contributed by atoms with Crippen molar-refractivity contribution in [2.75, 3.05) is 6.54 Å². The van der Waals surface area contributed by atoms with Crippen molar-refractivity contribution in [2.24, 2.45) is 0 Å². The Kier molecular flexibility index (Phi) is 8.34. The fourth-order valence-corrected chi connectivity index (χ4v) is 7.16. The minimum atomic E-state index is -0.852. The molecule has 0 aliphatic carbocycles. The summed E-state index contributed by atoms with van der Waals surface area (Å²) in [6.45, 7) is 7.38. The Balaban J connectivity index is 1.16. The third kappa shape index (κ3) is 6.11. The van der Waals surface area contributed by atoms with Gasteiger partial charge in [-0.05, 0) is 79.4 Å². The number of benzene rings is 6. The maximum absolute atomic E-state index is 14.4. The van der Waals surface area contributed by atoms with Gasteiger partial charge in [-0.1, -0.05) is 118 Å². The number of nitrogens with one attached hydrogen (secondary N) is 2. The molecule has 6 heteroatoms. The van der Waals surface area contributed by atoms with Crippen LogP contribution in [0.3, 0.4) is 0 Å². The zero-order valence-electron chi connectivity index (χ0n) is 27.8. The van der Waals surface area contributed by atoms with E-state index in [0.29, 0.717) is 31.5 Å². The summed E-state index contributed by atoms with van der Waals surface area (Å²) in [7, 11) is 0. The van der Waals surface area contributed by atoms with Crippen LogP contribution in [-0.2, 0) is 28.0 Å². The first-order chi connectivity index (χ1) is 23.2. The van der Waals surface area contributed by atoms with Crippen molar-refractivity contribution < 1.29 is 14.4 Å². The van der Waals surface area contributed by atoms with Gasteiger partial charge < -0.3 is 15.5 Å². The van der Waals surface area contributed by atoms with Crippen LogP contribution in [0, 0.1) is 0 Å². The molecule has 0 saturated carbocycles. The number of rotatable bonds is 8. The minimum Gasteiger partial charge on any atom is -0.350 e. The molecule has 1 heterocycles. The smallest absolute Gasteiger partial charge is 0.251 e. The predicted molar refractivity (Wildman–Crippen MR) is 193 cm³/mol. The molecular formula is C42H41N3O3. The quantitative estimate of drug-likeness (QED) is 0.170. The number of carbonyl (C=O) groups is 3. The normalized spacial score (nSPS) is 15.6. The third-order valence-electron chi connectivity index (χ3n) is 9.81. The topological polar surface area (TPSA) is 78.5 Å². The zero-order valence-corrected chi connectivity index (χ0v) is 27.8. The van der Waals surface area contributed by atoms with Crippen molar-refractivity contribution in [1.82, 2.24) is 15.5 Å². The molecule has 48 heavy (non-hydrogen) atoms. The molecule has 0 spiro atoms. The molecule has 6 aromatic rings. The van der Waals surface area contributed by atoms with Crippen molar-refractivity contribution in [1.29, 1.82) is 0 Å². The first-order valence-corrected chi connectivity index (χ1v) is 16.9. The maximum atomic E-state index is 14.4. The predicted octanol–water partition coefficient (Wildman–Crippen LogP) is 7.53. The number of nitrogens with zero attached hydrogens (tertiary/aromatic N) is 1. The molecule has 6 aromatic carbocycles. The van der Waals surface area contributed by atoms with Gasteiger partial charge in [0.2, 0.25) is 11.8 Å². The van der Waals surface area contributed by atoms with E-state index in [1.807, 2.05) is 30.3 Å². The molecule has 2 atom stereocenters. The van der Waals surface area contributed by atoms with E-state index in [-0.39, 0.29) is 23.1 Å². The Morgan fingerprint density at radius 1 is 0.771 bits per heavy atom. The van der Waals surface area contributed by atoms with Gasteiger partial charge in [0, 0.05) is 25.1 Å². The monoisotopic (exact) mass is 635 g/mol. The van der Waals surface area contributed by atoms with Gasteiger partial charge in [-0.2, -0.15) is 0 Å². The molecule has 2 N–H and O–H groups in total. The van der Waals surface area contributed by atoms with E-state index < -0.39 is 12.1 Å². The van der Waals surface area contributed by atoms with Crippen molar-refractivity contribution in [3.63, 3.8) is 0 Å². The van der Waals surface area contributed by atoms with Crippen LogP contribution in [0.15, 0.2) is 109 Å². The molecule has 1 saturated heterocycles. The highest BCUT2D eigenvalue weighted by molar-refractivity contribution is 6.23. The van der Waals surface area contributed by atoms with Crippen molar-refractivity contribution in [3.8, 4) is 0 Å². The lowest BCUT2D eigenvalue weighted by Crippen LogP contribution is -2.54. The number of carbonyl (C=O) groups excluding carboxylic acids is 3. The molecule has 6 nitrogen and oxygen atoms in total. The summed E-state index contributed by atoms with van der Waals surface area (Å²) in [4.78, 5) is 43.2. The van der Waals surface area contributed by atoms with E-state index in [4.69, 9.17) is 0 Å². The van der Waals surface area contributed by atoms with Gasteiger partial charge in [0.05, 0.1) is 0 Å². The first-order valence-electron chi connectivity index (χ1n) is 16.9. The summed E-state index contributed by atoms with van der Waals surface area (Å²) in [5, 5.41) is 13.0. The first kappa shape index (κ1) is 31.4. The Morgan fingerprint density at radius 3 is 2.15 bits per heavy atom. The Labute approximate surface area is 281 Å². The van der Waals surface area contributed by atoms with Gasteiger partial charge in [-0.25, -0.2) is 0 Å².